The molecule has 0 atom stereocenters. The molecule has 0 spiro atoms. The first kappa shape index (κ1) is 19.5. The van der Waals surface area contributed by atoms with Crippen LogP contribution >= 0.6 is 0 Å². The zero-order valence-corrected chi connectivity index (χ0v) is 17.6. The molecule has 31 heavy (non-hydrogen) atoms. The highest BCUT2D eigenvalue weighted by Gasteiger charge is 2.17. The standard InChI is InChI=1S/C24H27N7/c1-3-8-20(9-4-1)28-23-22-24(26-18-25-23)31(19-27-22)13-7-12-29-14-16-30(17-15-29)21-10-5-2-6-11-21/h1-6,8-11,18-19H,7,12-17H2,(H,25,26,28). The molecule has 1 aliphatic rings. The largest absolute Gasteiger partial charge is 0.369 e. The minimum absolute atomic E-state index is 0.743. The normalized spacial score (nSPS) is 14.8. The van der Waals surface area contributed by atoms with Gasteiger partial charge in [0, 0.05) is 44.1 Å². The number of hydrogen-bond acceptors (Lipinski definition) is 6. The lowest BCUT2D eigenvalue weighted by Gasteiger charge is -2.36. The van der Waals surface area contributed by atoms with Gasteiger partial charge < -0.3 is 14.8 Å². The molecule has 1 aliphatic heterocycles. The van der Waals surface area contributed by atoms with Gasteiger partial charge in [-0.15, -0.1) is 0 Å². The number of aryl methyl sites for hydroxylation is 1. The minimum atomic E-state index is 0.743. The summed E-state index contributed by atoms with van der Waals surface area (Å²) in [5.74, 6) is 0.743. The van der Waals surface area contributed by atoms with E-state index in [0.29, 0.717) is 0 Å². The fraction of sp³-hybridized carbons (Fsp3) is 0.292. The summed E-state index contributed by atoms with van der Waals surface area (Å²) in [5.41, 5.74) is 4.00. The van der Waals surface area contributed by atoms with E-state index in [1.54, 1.807) is 6.33 Å². The van der Waals surface area contributed by atoms with Gasteiger partial charge in [0.25, 0.3) is 0 Å². The molecule has 0 aliphatic carbocycles. The van der Waals surface area contributed by atoms with Crippen LogP contribution in [0.2, 0.25) is 0 Å². The number of anilines is 3. The van der Waals surface area contributed by atoms with Crippen LogP contribution in [0.15, 0.2) is 73.3 Å². The van der Waals surface area contributed by atoms with E-state index >= 15 is 0 Å². The molecule has 158 valence electrons. The molecule has 0 amide bonds. The van der Waals surface area contributed by atoms with Crippen molar-refractivity contribution in [3.63, 3.8) is 0 Å². The SMILES string of the molecule is c1ccc(Nc2ncnc3c2ncn3CCCN2CCN(c3ccccc3)CC2)cc1. The van der Waals surface area contributed by atoms with Crippen molar-refractivity contribution >= 4 is 28.4 Å². The summed E-state index contributed by atoms with van der Waals surface area (Å²) in [6, 6.07) is 20.7. The number of para-hydroxylation sites is 2. The molecule has 3 heterocycles. The van der Waals surface area contributed by atoms with Gasteiger partial charge in [-0.2, -0.15) is 0 Å². The van der Waals surface area contributed by atoms with Crippen LogP contribution in [0.1, 0.15) is 6.42 Å². The van der Waals surface area contributed by atoms with Crippen molar-refractivity contribution < 1.29 is 0 Å². The summed E-state index contributed by atoms with van der Waals surface area (Å²) in [6.07, 6.45) is 4.56. The van der Waals surface area contributed by atoms with Crippen molar-refractivity contribution in [1.82, 2.24) is 24.4 Å². The zero-order chi connectivity index (χ0) is 20.9. The van der Waals surface area contributed by atoms with E-state index in [4.69, 9.17) is 0 Å². The van der Waals surface area contributed by atoms with Crippen LogP contribution in [0.3, 0.4) is 0 Å². The highest BCUT2D eigenvalue weighted by molar-refractivity contribution is 5.85. The second-order valence-electron chi connectivity index (χ2n) is 7.84. The van der Waals surface area contributed by atoms with Crippen LogP contribution in [0.5, 0.6) is 0 Å². The number of nitrogens with one attached hydrogen (secondary N) is 1. The summed E-state index contributed by atoms with van der Waals surface area (Å²) in [4.78, 5) is 18.5. The number of benzene rings is 2. The fourth-order valence-electron chi connectivity index (χ4n) is 4.13. The van der Waals surface area contributed by atoms with E-state index in [9.17, 15) is 0 Å². The maximum Gasteiger partial charge on any atom is 0.165 e. The summed E-state index contributed by atoms with van der Waals surface area (Å²) in [5, 5.41) is 3.35. The Balaban J connectivity index is 1.16. The highest BCUT2D eigenvalue weighted by atomic mass is 15.3. The van der Waals surface area contributed by atoms with Crippen LogP contribution in [0.25, 0.3) is 11.2 Å². The van der Waals surface area contributed by atoms with Gasteiger partial charge in [0.05, 0.1) is 6.33 Å². The number of imidazole rings is 1. The number of aromatic nitrogens is 4. The average Bonchev–Trinajstić information content (AvgIpc) is 3.25. The van der Waals surface area contributed by atoms with Crippen molar-refractivity contribution in [2.75, 3.05) is 42.9 Å². The van der Waals surface area contributed by atoms with Gasteiger partial charge in [-0.1, -0.05) is 36.4 Å². The van der Waals surface area contributed by atoms with Gasteiger partial charge in [0.1, 0.15) is 6.33 Å². The number of hydrogen-bond donors (Lipinski definition) is 1. The van der Waals surface area contributed by atoms with E-state index in [1.807, 2.05) is 36.7 Å². The first-order chi connectivity index (χ1) is 15.4. The summed E-state index contributed by atoms with van der Waals surface area (Å²) >= 11 is 0. The van der Waals surface area contributed by atoms with Gasteiger partial charge in [-0.3, -0.25) is 4.90 Å². The summed E-state index contributed by atoms with van der Waals surface area (Å²) in [6.45, 7) is 6.36. The zero-order valence-electron chi connectivity index (χ0n) is 17.6. The van der Waals surface area contributed by atoms with Gasteiger partial charge in [0.15, 0.2) is 17.0 Å². The molecular formula is C24H27N7. The van der Waals surface area contributed by atoms with Crippen LogP contribution in [0, 0.1) is 0 Å². The molecule has 7 heteroatoms. The third kappa shape index (κ3) is 4.51. The molecule has 1 saturated heterocycles. The number of nitrogens with zero attached hydrogens (tertiary/aromatic N) is 6. The molecule has 2 aromatic heterocycles. The Morgan fingerprint density at radius 2 is 1.52 bits per heavy atom. The quantitative estimate of drug-likeness (QED) is 0.498. The fourth-order valence-corrected chi connectivity index (χ4v) is 4.13. The van der Waals surface area contributed by atoms with Crippen LogP contribution in [-0.4, -0.2) is 57.1 Å². The lowest BCUT2D eigenvalue weighted by Crippen LogP contribution is -2.46. The lowest BCUT2D eigenvalue weighted by molar-refractivity contribution is 0.251. The van der Waals surface area contributed by atoms with E-state index < -0.39 is 0 Å². The molecule has 1 N–H and O–H groups in total. The molecule has 2 aromatic carbocycles. The molecule has 0 unspecified atom stereocenters. The first-order valence-corrected chi connectivity index (χ1v) is 10.9. The number of piperazine rings is 1. The van der Waals surface area contributed by atoms with E-state index in [-0.39, 0.29) is 0 Å². The van der Waals surface area contributed by atoms with Gasteiger partial charge in [0.2, 0.25) is 0 Å². The van der Waals surface area contributed by atoms with E-state index in [1.165, 1.54) is 5.69 Å². The summed E-state index contributed by atoms with van der Waals surface area (Å²) in [7, 11) is 0. The Labute approximate surface area is 182 Å². The van der Waals surface area contributed by atoms with Crippen molar-refractivity contribution in [1.29, 1.82) is 0 Å². The Morgan fingerprint density at radius 1 is 0.774 bits per heavy atom. The highest BCUT2D eigenvalue weighted by Crippen LogP contribution is 2.22. The molecule has 0 saturated carbocycles. The third-order valence-electron chi connectivity index (χ3n) is 5.80. The molecule has 1 fully saturated rings. The van der Waals surface area contributed by atoms with E-state index in [0.717, 1.165) is 68.4 Å². The second-order valence-corrected chi connectivity index (χ2v) is 7.84. The second kappa shape index (κ2) is 9.14. The maximum atomic E-state index is 4.58. The Hall–Kier alpha value is -3.45. The lowest BCUT2D eigenvalue weighted by atomic mass is 10.2. The van der Waals surface area contributed by atoms with E-state index in [2.05, 4.69) is 65.0 Å². The minimum Gasteiger partial charge on any atom is -0.369 e. The van der Waals surface area contributed by atoms with Crippen molar-refractivity contribution in [3.05, 3.63) is 73.3 Å². The molecule has 4 aromatic rings. The van der Waals surface area contributed by atoms with Crippen LogP contribution in [0.4, 0.5) is 17.2 Å². The third-order valence-corrected chi connectivity index (χ3v) is 5.80. The Bertz CT molecular complexity index is 1100. The number of rotatable bonds is 7. The molecule has 5 rings (SSSR count). The van der Waals surface area contributed by atoms with Crippen LogP contribution in [-0.2, 0) is 6.54 Å². The Morgan fingerprint density at radius 3 is 2.29 bits per heavy atom. The topological polar surface area (TPSA) is 62.1 Å². The first-order valence-electron chi connectivity index (χ1n) is 10.9. The monoisotopic (exact) mass is 413 g/mol. The van der Waals surface area contributed by atoms with Crippen LogP contribution < -0.4 is 10.2 Å². The predicted molar refractivity (Wildman–Crippen MR) is 125 cm³/mol. The smallest absolute Gasteiger partial charge is 0.165 e. The summed E-state index contributed by atoms with van der Waals surface area (Å²) < 4.78 is 2.13. The van der Waals surface area contributed by atoms with Gasteiger partial charge in [-0.05, 0) is 37.2 Å². The average molecular weight is 414 g/mol. The van der Waals surface area contributed by atoms with Crippen molar-refractivity contribution in [3.8, 4) is 0 Å². The molecule has 7 nitrogen and oxygen atoms in total. The number of fused-ring (bicyclic) bond motifs is 1. The Kier molecular flexibility index (Phi) is 5.75. The maximum absolute atomic E-state index is 4.58. The molecular weight excluding hydrogens is 386 g/mol. The predicted octanol–water partition coefficient (Wildman–Crippen LogP) is 3.78. The van der Waals surface area contributed by atoms with Crippen molar-refractivity contribution in [2.45, 2.75) is 13.0 Å². The molecule has 0 bridgehead atoms. The molecule has 0 radical (unpaired) electrons. The van der Waals surface area contributed by atoms with Crippen molar-refractivity contribution in [2.24, 2.45) is 0 Å². The van der Waals surface area contributed by atoms with Gasteiger partial charge in [-0.25, -0.2) is 15.0 Å². The van der Waals surface area contributed by atoms with Gasteiger partial charge >= 0.3 is 0 Å².